The second kappa shape index (κ2) is 12.0. The zero-order valence-corrected chi connectivity index (χ0v) is 9.56. The largest absolute Gasteiger partial charge is 0.377 e. The van der Waals surface area contributed by atoms with Crippen molar-refractivity contribution < 1.29 is 4.74 Å². The molecule has 0 aliphatic heterocycles. The molecule has 0 heterocycles. The number of ether oxygens (including phenoxy) is 1. The predicted octanol–water partition coefficient (Wildman–Crippen LogP) is 3.46. The molecule has 0 aromatic rings. The number of unbranched alkanes of at least 4 members (excludes halogenated alkanes) is 4. The van der Waals surface area contributed by atoms with Crippen LogP contribution in [0, 0.1) is 0 Å². The Morgan fingerprint density at radius 1 is 1.08 bits per heavy atom. The first-order valence-electron chi connectivity index (χ1n) is 5.25. The Morgan fingerprint density at radius 2 is 1.85 bits per heavy atom. The second-order valence-corrected chi connectivity index (χ2v) is 3.51. The molecule has 78 valence electrons. The van der Waals surface area contributed by atoms with Gasteiger partial charge in [0, 0.05) is 12.4 Å². The summed E-state index contributed by atoms with van der Waals surface area (Å²) in [5, 5.41) is 0. The molecule has 0 bridgehead atoms. The van der Waals surface area contributed by atoms with Crippen molar-refractivity contribution in [2.45, 2.75) is 39.0 Å². The van der Waals surface area contributed by atoms with Crippen molar-refractivity contribution in [3.63, 3.8) is 0 Å². The summed E-state index contributed by atoms with van der Waals surface area (Å²) in [4.78, 5) is 0. The van der Waals surface area contributed by atoms with Gasteiger partial charge in [-0.3, -0.25) is 0 Å². The van der Waals surface area contributed by atoms with Crippen molar-refractivity contribution in [3.8, 4) is 0 Å². The Labute approximate surface area is 88.0 Å². The van der Waals surface area contributed by atoms with E-state index in [1.165, 1.54) is 32.1 Å². The molecule has 0 saturated carbocycles. The monoisotopic (exact) mass is 202 g/mol. The molecule has 13 heavy (non-hydrogen) atoms. The van der Waals surface area contributed by atoms with Crippen molar-refractivity contribution in [2.75, 3.05) is 19.0 Å². The summed E-state index contributed by atoms with van der Waals surface area (Å²) in [5.41, 5.74) is 0. The van der Waals surface area contributed by atoms with Crippen molar-refractivity contribution in [1.82, 2.24) is 0 Å². The summed E-state index contributed by atoms with van der Waals surface area (Å²) < 4.78 is 5.40. The highest BCUT2D eigenvalue weighted by Crippen LogP contribution is 2.02. The number of hydrogen-bond acceptors (Lipinski definition) is 2. The first-order chi connectivity index (χ1) is 6.41. The normalized spacial score (nSPS) is 11.2. The fraction of sp³-hybridized carbons (Fsp3) is 0.818. The zero-order chi connectivity index (χ0) is 9.78. The Balaban J connectivity index is 2.87. The van der Waals surface area contributed by atoms with Gasteiger partial charge in [-0.2, -0.15) is 12.6 Å². The third kappa shape index (κ3) is 12.1. The quantitative estimate of drug-likeness (QED) is 0.342. The van der Waals surface area contributed by atoms with Crippen LogP contribution in [0.15, 0.2) is 12.2 Å². The maximum atomic E-state index is 5.40. The van der Waals surface area contributed by atoms with E-state index < -0.39 is 0 Å². The first-order valence-corrected chi connectivity index (χ1v) is 5.88. The summed E-state index contributed by atoms with van der Waals surface area (Å²) in [6, 6.07) is 0. The van der Waals surface area contributed by atoms with Crippen molar-refractivity contribution in [3.05, 3.63) is 12.2 Å². The van der Waals surface area contributed by atoms with E-state index in [1.54, 1.807) is 0 Å². The highest BCUT2D eigenvalue weighted by atomic mass is 32.1. The topological polar surface area (TPSA) is 9.23 Å². The average Bonchev–Trinajstić information content (AvgIpc) is 2.16. The molecule has 0 aliphatic carbocycles. The predicted molar refractivity (Wildman–Crippen MR) is 62.6 cm³/mol. The first kappa shape index (κ1) is 13.1. The second-order valence-electron chi connectivity index (χ2n) is 3.14. The number of hydrogen-bond donors (Lipinski definition) is 1. The Kier molecular flexibility index (Phi) is 12.1. The van der Waals surface area contributed by atoms with Crippen LogP contribution in [0.25, 0.3) is 0 Å². The Morgan fingerprint density at radius 3 is 2.54 bits per heavy atom. The van der Waals surface area contributed by atoms with Crippen LogP contribution in [0.3, 0.4) is 0 Å². The molecule has 0 fully saturated rings. The van der Waals surface area contributed by atoms with Gasteiger partial charge in [0.2, 0.25) is 0 Å². The van der Waals surface area contributed by atoms with E-state index in [0.29, 0.717) is 0 Å². The van der Waals surface area contributed by atoms with Gasteiger partial charge in [0.25, 0.3) is 0 Å². The third-order valence-electron chi connectivity index (χ3n) is 1.88. The minimum atomic E-state index is 0.744. The molecule has 0 spiro atoms. The SMILES string of the molecule is CCCCCCCOCC=CCS. The minimum Gasteiger partial charge on any atom is -0.377 e. The van der Waals surface area contributed by atoms with E-state index in [1.807, 2.05) is 12.2 Å². The van der Waals surface area contributed by atoms with Crippen LogP contribution in [0.1, 0.15) is 39.0 Å². The summed E-state index contributed by atoms with van der Waals surface area (Å²) in [5.74, 6) is 0.805. The molecule has 0 unspecified atom stereocenters. The molecule has 0 aliphatic rings. The van der Waals surface area contributed by atoms with Crippen LogP contribution < -0.4 is 0 Å². The molecule has 0 amide bonds. The van der Waals surface area contributed by atoms with Gasteiger partial charge in [-0.1, -0.05) is 44.8 Å². The summed E-state index contributed by atoms with van der Waals surface area (Å²) in [7, 11) is 0. The average molecular weight is 202 g/mol. The molecule has 2 heteroatoms. The lowest BCUT2D eigenvalue weighted by Crippen LogP contribution is -1.94. The summed E-state index contributed by atoms with van der Waals surface area (Å²) in [6.07, 6.45) is 10.6. The molecule has 0 aromatic heterocycles. The standard InChI is InChI=1S/C11H22OS/c1-2-3-4-5-6-9-12-10-7-8-11-13/h7-8,13H,2-6,9-11H2,1H3. The molecule has 0 radical (unpaired) electrons. The highest BCUT2D eigenvalue weighted by Gasteiger charge is 1.88. The fourth-order valence-corrected chi connectivity index (χ4v) is 1.25. The summed E-state index contributed by atoms with van der Waals surface area (Å²) >= 11 is 4.06. The fourth-order valence-electron chi connectivity index (χ4n) is 1.10. The smallest absolute Gasteiger partial charge is 0.0647 e. The molecule has 0 N–H and O–H groups in total. The lowest BCUT2D eigenvalue weighted by molar-refractivity contribution is 0.157. The minimum absolute atomic E-state index is 0.744. The lowest BCUT2D eigenvalue weighted by atomic mass is 10.2. The Hall–Kier alpha value is 0.0500. The molecule has 0 atom stereocenters. The molecular weight excluding hydrogens is 180 g/mol. The van der Waals surface area contributed by atoms with E-state index in [2.05, 4.69) is 19.6 Å². The van der Waals surface area contributed by atoms with Gasteiger partial charge < -0.3 is 4.74 Å². The molecule has 0 rings (SSSR count). The van der Waals surface area contributed by atoms with Crippen LogP contribution in [0.2, 0.25) is 0 Å². The van der Waals surface area contributed by atoms with E-state index >= 15 is 0 Å². The van der Waals surface area contributed by atoms with Gasteiger partial charge in [-0.25, -0.2) is 0 Å². The molecular formula is C11H22OS. The van der Waals surface area contributed by atoms with Crippen LogP contribution in [0.5, 0.6) is 0 Å². The van der Waals surface area contributed by atoms with E-state index in [0.717, 1.165) is 19.0 Å². The maximum absolute atomic E-state index is 5.40. The van der Waals surface area contributed by atoms with Crippen LogP contribution in [-0.2, 0) is 4.74 Å². The molecule has 0 saturated heterocycles. The van der Waals surface area contributed by atoms with Gasteiger partial charge in [0.05, 0.1) is 6.61 Å². The maximum Gasteiger partial charge on any atom is 0.0647 e. The third-order valence-corrected chi connectivity index (χ3v) is 2.09. The number of thiol groups is 1. The van der Waals surface area contributed by atoms with Crippen molar-refractivity contribution in [1.29, 1.82) is 0 Å². The van der Waals surface area contributed by atoms with Gasteiger partial charge in [-0.05, 0) is 6.42 Å². The molecule has 1 nitrogen and oxygen atoms in total. The van der Waals surface area contributed by atoms with Gasteiger partial charge in [0.15, 0.2) is 0 Å². The van der Waals surface area contributed by atoms with Crippen LogP contribution in [-0.4, -0.2) is 19.0 Å². The molecule has 0 aromatic carbocycles. The van der Waals surface area contributed by atoms with E-state index in [4.69, 9.17) is 4.74 Å². The van der Waals surface area contributed by atoms with Crippen LogP contribution >= 0.6 is 12.6 Å². The highest BCUT2D eigenvalue weighted by molar-refractivity contribution is 7.80. The number of rotatable bonds is 9. The zero-order valence-electron chi connectivity index (χ0n) is 8.67. The van der Waals surface area contributed by atoms with E-state index in [9.17, 15) is 0 Å². The van der Waals surface area contributed by atoms with Crippen molar-refractivity contribution in [2.24, 2.45) is 0 Å². The van der Waals surface area contributed by atoms with Gasteiger partial charge in [0.1, 0.15) is 0 Å². The van der Waals surface area contributed by atoms with E-state index in [-0.39, 0.29) is 0 Å². The summed E-state index contributed by atoms with van der Waals surface area (Å²) in [6.45, 7) is 3.88. The van der Waals surface area contributed by atoms with Gasteiger partial charge >= 0.3 is 0 Å². The van der Waals surface area contributed by atoms with Crippen LogP contribution in [0.4, 0.5) is 0 Å². The Bertz CT molecular complexity index is 113. The van der Waals surface area contributed by atoms with Gasteiger partial charge in [-0.15, -0.1) is 0 Å². The lowest BCUT2D eigenvalue weighted by Gasteiger charge is -2.00. The van der Waals surface area contributed by atoms with Crippen molar-refractivity contribution >= 4 is 12.6 Å².